The number of anilines is 1. The van der Waals surface area contributed by atoms with Crippen molar-refractivity contribution in [2.75, 3.05) is 11.9 Å². The normalized spacial score (nSPS) is 14.8. The van der Waals surface area contributed by atoms with Gasteiger partial charge in [0.15, 0.2) is 6.61 Å². The first kappa shape index (κ1) is 18.5. The van der Waals surface area contributed by atoms with Crippen molar-refractivity contribution in [3.63, 3.8) is 0 Å². The van der Waals surface area contributed by atoms with Gasteiger partial charge in [-0.25, -0.2) is 0 Å². The Balaban J connectivity index is 1.45. The Labute approximate surface area is 156 Å². The Morgan fingerprint density at radius 1 is 1.08 bits per heavy atom. The molecule has 3 rings (SSSR count). The van der Waals surface area contributed by atoms with Gasteiger partial charge in [-0.15, -0.1) is 0 Å². The SMILES string of the molecule is Cc1ccc(NC(=O)COc2cccc(CNC3CCCCC3)c2)cc1. The molecule has 0 radical (unpaired) electrons. The van der Waals surface area contributed by atoms with Crippen molar-refractivity contribution in [3.05, 3.63) is 59.7 Å². The van der Waals surface area contributed by atoms with Crippen LogP contribution >= 0.6 is 0 Å². The highest BCUT2D eigenvalue weighted by molar-refractivity contribution is 5.91. The first-order valence-electron chi connectivity index (χ1n) is 9.51. The number of carbonyl (C=O) groups is 1. The lowest BCUT2D eigenvalue weighted by molar-refractivity contribution is -0.118. The first-order valence-corrected chi connectivity index (χ1v) is 9.51. The van der Waals surface area contributed by atoms with Crippen LogP contribution in [-0.4, -0.2) is 18.6 Å². The van der Waals surface area contributed by atoms with Crippen LogP contribution in [0, 0.1) is 6.92 Å². The van der Waals surface area contributed by atoms with Gasteiger partial charge in [0.2, 0.25) is 0 Å². The number of nitrogens with one attached hydrogen (secondary N) is 2. The van der Waals surface area contributed by atoms with Crippen LogP contribution in [0.1, 0.15) is 43.2 Å². The monoisotopic (exact) mass is 352 g/mol. The quantitative estimate of drug-likeness (QED) is 0.775. The molecule has 4 heteroatoms. The van der Waals surface area contributed by atoms with E-state index in [2.05, 4.69) is 16.7 Å². The second-order valence-electron chi connectivity index (χ2n) is 7.07. The highest BCUT2D eigenvalue weighted by Gasteiger charge is 2.12. The van der Waals surface area contributed by atoms with Crippen LogP contribution in [0.2, 0.25) is 0 Å². The van der Waals surface area contributed by atoms with E-state index in [0.29, 0.717) is 6.04 Å². The van der Waals surface area contributed by atoms with E-state index in [1.165, 1.54) is 37.7 Å². The molecule has 1 fully saturated rings. The molecule has 0 saturated heterocycles. The smallest absolute Gasteiger partial charge is 0.262 e. The summed E-state index contributed by atoms with van der Waals surface area (Å²) in [5, 5.41) is 6.48. The molecule has 0 unspecified atom stereocenters. The van der Waals surface area contributed by atoms with E-state index in [-0.39, 0.29) is 12.5 Å². The number of aryl methyl sites for hydroxylation is 1. The highest BCUT2D eigenvalue weighted by Crippen LogP contribution is 2.19. The summed E-state index contributed by atoms with van der Waals surface area (Å²) in [4.78, 5) is 12.0. The Kier molecular flexibility index (Phi) is 6.67. The second-order valence-corrected chi connectivity index (χ2v) is 7.07. The van der Waals surface area contributed by atoms with Gasteiger partial charge in [0.1, 0.15) is 5.75 Å². The molecule has 2 N–H and O–H groups in total. The summed E-state index contributed by atoms with van der Waals surface area (Å²) in [5.74, 6) is 0.576. The van der Waals surface area contributed by atoms with Crippen molar-refractivity contribution in [1.82, 2.24) is 5.32 Å². The largest absolute Gasteiger partial charge is 0.484 e. The fraction of sp³-hybridized carbons (Fsp3) is 0.409. The maximum Gasteiger partial charge on any atom is 0.262 e. The molecule has 1 amide bonds. The molecule has 0 aliphatic heterocycles. The summed E-state index contributed by atoms with van der Waals surface area (Å²) in [5.41, 5.74) is 3.14. The van der Waals surface area contributed by atoms with Crippen LogP contribution in [0.3, 0.4) is 0 Å². The van der Waals surface area contributed by atoms with Crippen LogP contribution in [0.5, 0.6) is 5.75 Å². The molecule has 0 aromatic heterocycles. The van der Waals surface area contributed by atoms with Crippen LogP contribution < -0.4 is 15.4 Å². The van der Waals surface area contributed by atoms with Crippen molar-refractivity contribution >= 4 is 11.6 Å². The summed E-state index contributed by atoms with van der Waals surface area (Å²) in [7, 11) is 0. The minimum atomic E-state index is -0.153. The van der Waals surface area contributed by atoms with Crippen LogP contribution in [-0.2, 0) is 11.3 Å². The maximum atomic E-state index is 12.0. The second kappa shape index (κ2) is 9.39. The van der Waals surface area contributed by atoms with Gasteiger partial charge in [-0.2, -0.15) is 0 Å². The molecule has 0 atom stereocenters. The predicted molar refractivity (Wildman–Crippen MR) is 105 cm³/mol. The van der Waals surface area contributed by atoms with Gasteiger partial charge in [0, 0.05) is 18.3 Å². The van der Waals surface area contributed by atoms with Crippen molar-refractivity contribution in [2.45, 2.75) is 51.6 Å². The van der Waals surface area contributed by atoms with Gasteiger partial charge < -0.3 is 15.4 Å². The van der Waals surface area contributed by atoms with Gasteiger partial charge in [0.25, 0.3) is 5.91 Å². The molecule has 1 saturated carbocycles. The molecule has 0 heterocycles. The van der Waals surface area contributed by atoms with E-state index in [1.807, 2.05) is 49.4 Å². The number of rotatable bonds is 7. The number of hydrogen-bond acceptors (Lipinski definition) is 3. The van der Waals surface area contributed by atoms with E-state index >= 15 is 0 Å². The molecule has 1 aliphatic rings. The zero-order valence-corrected chi connectivity index (χ0v) is 15.5. The third-order valence-corrected chi connectivity index (χ3v) is 4.80. The fourth-order valence-electron chi connectivity index (χ4n) is 3.30. The van der Waals surface area contributed by atoms with E-state index in [4.69, 9.17) is 4.74 Å². The lowest BCUT2D eigenvalue weighted by Gasteiger charge is -2.23. The average Bonchev–Trinajstić information content (AvgIpc) is 2.68. The summed E-state index contributed by atoms with van der Waals surface area (Å²) >= 11 is 0. The van der Waals surface area contributed by atoms with E-state index < -0.39 is 0 Å². The standard InChI is InChI=1S/C22H28N2O2/c1-17-10-12-20(13-11-17)24-22(25)16-26-21-9-5-6-18(14-21)15-23-19-7-3-2-4-8-19/h5-6,9-14,19,23H,2-4,7-8,15-16H2,1H3,(H,24,25). The molecule has 1 aliphatic carbocycles. The van der Waals surface area contributed by atoms with E-state index in [9.17, 15) is 4.79 Å². The molecular weight excluding hydrogens is 324 g/mol. The van der Waals surface area contributed by atoms with Crippen molar-refractivity contribution in [3.8, 4) is 5.75 Å². The van der Waals surface area contributed by atoms with Gasteiger partial charge in [-0.05, 0) is 49.6 Å². The lowest BCUT2D eigenvalue weighted by atomic mass is 9.95. The van der Waals surface area contributed by atoms with Crippen LogP contribution in [0.15, 0.2) is 48.5 Å². The average molecular weight is 352 g/mol. The number of amides is 1. The van der Waals surface area contributed by atoms with Crippen LogP contribution in [0.25, 0.3) is 0 Å². The molecule has 0 spiro atoms. The zero-order valence-electron chi connectivity index (χ0n) is 15.5. The maximum absolute atomic E-state index is 12.0. The number of benzene rings is 2. The molecular formula is C22H28N2O2. The third-order valence-electron chi connectivity index (χ3n) is 4.80. The van der Waals surface area contributed by atoms with E-state index in [0.717, 1.165) is 23.5 Å². The molecule has 26 heavy (non-hydrogen) atoms. The van der Waals surface area contributed by atoms with E-state index in [1.54, 1.807) is 0 Å². The molecule has 0 bridgehead atoms. The van der Waals surface area contributed by atoms with Crippen LogP contribution in [0.4, 0.5) is 5.69 Å². The number of carbonyl (C=O) groups excluding carboxylic acids is 1. The first-order chi connectivity index (χ1) is 12.7. The van der Waals surface area contributed by atoms with Crippen molar-refractivity contribution < 1.29 is 9.53 Å². The van der Waals surface area contributed by atoms with Gasteiger partial charge in [0.05, 0.1) is 0 Å². The number of ether oxygens (including phenoxy) is 1. The summed E-state index contributed by atoms with van der Waals surface area (Å²) in [6.07, 6.45) is 6.57. The molecule has 138 valence electrons. The molecule has 4 nitrogen and oxygen atoms in total. The van der Waals surface area contributed by atoms with Gasteiger partial charge in [-0.1, -0.05) is 49.1 Å². The Morgan fingerprint density at radius 3 is 2.62 bits per heavy atom. The lowest BCUT2D eigenvalue weighted by Crippen LogP contribution is -2.30. The topological polar surface area (TPSA) is 50.4 Å². The van der Waals surface area contributed by atoms with Crippen molar-refractivity contribution in [2.24, 2.45) is 0 Å². The van der Waals surface area contributed by atoms with Gasteiger partial charge in [-0.3, -0.25) is 4.79 Å². The Bertz CT molecular complexity index is 706. The Hall–Kier alpha value is -2.33. The predicted octanol–water partition coefficient (Wildman–Crippen LogP) is 4.43. The van der Waals surface area contributed by atoms with Gasteiger partial charge >= 0.3 is 0 Å². The fourth-order valence-corrected chi connectivity index (χ4v) is 3.30. The minimum Gasteiger partial charge on any atom is -0.484 e. The Morgan fingerprint density at radius 2 is 1.85 bits per heavy atom. The molecule has 2 aromatic rings. The highest BCUT2D eigenvalue weighted by atomic mass is 16.5. The zero-order chi connectivity index (χ0) is 18.2. The minimum absolute atomic E-state index is 0.00732. The van der Waals surface area contributed by atoms with Crippen molar-refractivity contribution in [1.29, 1.82) is 0 Å². The summed E-state index contributed by atoms with van der Waals surface area (Å²) < 4.78 is 5.66. The summed E-state index contributed by atoms with van der Waals surface area (Å²) in [6, 6.07) is 16.3. The number of hydrogen-bond donors (Lipinski definition) is 2. The summed E-state index contributed by atoms with van der Waals surface area (Å²) in [6.45, 7) is 2.87. The third kappa shape index (κ3) is 5.88. The molecule has 2 aromatic carbocycles.